The van der Waals surface area contributed by atoms with Crippen molar-refractivity contribution in [2.24, 2.45) is 0 Å². The average Bonchev–Trinajstić information content (AvgIpc) is 3.12. The van der Waals surface area contributed by atoms with E-state index in [1.165, 1.54) is 0 Å². The molecule has 0 heterocycles. The largest absolute Gasteiger partial charge is 0.490 e. The van der Waals surface area contributed by atoms with E-state index >= 15 is 0 Å². The first-order valence-electron chi connectivity index (χ1n) is 5.89. The quantitative estimate of drug-likeness (QED) is 0.735. The van der Waals surface area contributed by atoms with Gasteiger partial charge in [0.05, 0.1) is 6.10 Å². The van der Waals surface area contributed by atoms with Gasteiger partial charge >= 0.3 is 0 Å². The van der Waals surface area contributed by atoms with Gasteiger partial charge in [-0.15, -0.1) is 0 Å². The van der Waals surface area contributed by atoms with Gasteiger partial charge in [-0.25, -0.2) is 0 Å². The molecule has 2 rings (SSSR count). The van der Waals surface area contributed by atoms with Gasteiger partial charge in [-0.1, -0.05) is 12.1 Å². The van der Waals surface area contributed by atoms with Gasteiger partial charge in [-0.3, -0.25) is 4.79 Å². The van der Waals surface area contributed by atoms with Crippen LogP contribution in [0.2, 0.25) is 0 Å². The van der Waals surface area contributed by atoms with Crippen LogP contribution in [0, 0.1) is 0 Å². The van der Waals surface area contributed by atoms with Crippen molar-refractivity contribution in [1.82, 2.24) is 0 Å². The average molecular weight is 234 g/mol. The number of methoxy groups -OCH3 is 1. The molecule has 1 fully saturated rings. The Morgan fingerprint density at radius 1 is 1.35 bits per heavy atom. The summed E-state index contributed by atoms with van der Waals surface area (Å²) in [4.78, 5) is 12.2. The minimum absolute atomic E-state index is 0.0266. The number of carbonyl (C=O) groups is 1. The van der Waals surface area contributed by atoms with Crippen molar-refractivity contribution in [2.45, 2.75) is 38.4 Å². The molecular weight excluding hydrogens is 216 g/mol. The molecule has 3 nitrogen and oxygen atoms in total. The summed E-state index contributed by atoms with van der Waals surface area (Å²) in [5, 5.41) is 0. The molecule has 1 aromatic carbocycles. The SMILES string of the molecule is COC(C)(C)C(=O)c1cccc(OC2CC2)c1. The molecule has 0 atom stereocenters. The fourth-order valence-corrected chi connectivity index (χ4v) is 1.53. The van der Waals surface area contributed by atoms with E-state index in [9.17, 15) is 4.79 Å². The maximum atomic E-state index is 12.2. The van der Waals surface area contributed by atoms with Crippen LogP contribution in [0.5, 0.6) is 5.75 Å². The molecule has 3 heteroatoms. The predicted octanol–water partition coefficient (Wildman–Crippen LogP) is 2.84. The topological polar surface area (TPSA) is 35.5 Å². The number of ketones is 1. The van der Waals surface area contributed by atoms with Crippen molar-refractivity contribution in [3.63, 3.8) is 0 Å². The van der Waals surface area contributed by atoms with Crippen LogP contribution in [-0.4, -0.2) is 24.6 Å². The summed E-state index contributed by atoms with van der Waals surface area (Å²) < 4.78 is 10.9. The molecule has 1 saturated carbocycles. The predicted molar refractivity (Wildman–Crippen MR) is 65.5 cm³/mol. The molecule has 0 aromatic heterocycles. The van der Waals surface area contributed by atoms with Gasteiger partial charge in [0.15, 0.2) is 5.78 Å². The summed E-state index contributed by atoms with van der Waals surface area (Å²) in [6, 6.07) is 7.32. The summed E-state index contributed by atoms with van der Waals surface area (Å²) in [5.74, 6) is 0.742. The number of Topliss-reactive ketones (excluding diaryl/α,β-unsaturated/α-hetero) is 1. The Bertz CT molecular complexity index is 419. The molecule has 0 aliphatic heterocycles. The molecule has 0 unspecified atom stereocenters. The van der Waals surface area contributed by atoms with E-state index in [1.807, 2.05) is 12.1 Å². The highest BCUT2D eigenvalue weighted by Crippen LogP contribution is 2.28. The Kier molecular flexibility index (Phi) is 3.20. The Balaban J connectivity index is 2.17. The molecule has 0 bridgehead atoms. The third-order valence-corrected chi connectivity index (χ3v) is 2.98. The smallest absolute Gasteiger partial charge is 0.194 e. The summed E-state index contributed by atoms with van der Waals surface area (Å²) in [6.07, 6.45) is 2.57. The highest BCUT2D eigenvalue weighted by atomic mass is 16.5. The molecule has 0 radical (unpaired) electrons. The second kappa shape index (κ2) is 4.49. The maximum absolute atomic E-state index is 12.2. The van der Waals surface area contributed by atoms with Gasteiger partial charge in [-0.05, 0) is 38.8 Å². The first-order chi connectivity index (χ1) is 8.03. The zero-order chi connectivity index (χ0) is 12.5. The van der Waals surface area contributed by atoms with Crippen molar-refractivity contribution in [3.8, 4) is 5.75 Å². The highest BCUT2D eigenvalue weighted by molar-refractivity contribution is 6.02. The van der Waals surface area contributed by atoms with Crippen molar-refractivity contribution in [2.75, 3.05) is 7.11 Å². The zero-order valence-corrected chi connectivity index (χ0v) is 10.5. The Morgan fingerprint density at radius 2 is 2.06 bits per heavy atom. The molecule has 0 N–H and O–H groups in total. The Labute approximate surface area is 102 Å². The first kappa shape index (κ1) is 12.1. The standard InChI is InChI=1S/C14H18O3/c1-14(2,16-3)13(15)10-5-4-6-12(9-10)17-11-7-8-11/h4-6,9,11H,7-8H2,1-3H3. The number of hydrogen-bond acceptors (Lipinski definition) is 3. The third-order valence-electron chi connectivity index (χ3n) is 2.98. The fourth-order valence-electron chi connectivity index (χ4n) is 1.53. The van der Waals surface area contributed by atoms with Gasteiger partial charge in [-0.2, -0.15) is 0 Å². The second-order valence-corrected chi connectivity index (χ2v) is 4.89. The third kappa shape index (κ3) is 2.86. The molecule has 0 spiro atoms. The van der Waals surface area contributed by atoms with Gasteiger partial charge in [0.1, 0.15) is 11.4 Å². The summed E-state index contributed by atoms with van der Waals surface area (Å²) >= 11 is 0. The Hall–Kier alpha value is -1.35. The molecule has 17 heavy (non-hydrogen) atoms. The zero-order valence-electron chi connectivity index (χ0n) is 10.5. The van der Waals surface area contributed by atoms with E-state index in [1.54, 1.807) is 33.1 Å². The molecule has 1 aliphatic rings. The summed E-state index contributed by atoms with van der Waals surface area (Å²) in [7, 11) is 1.54. The lowest BCUT2D eigenvalue weighted by Crippen LogP contribution is -2.33. The second-order valence-electron chi connectivity index (χ2n) is 4.89. The van der Waals surface area contributed by atoms with Crippen molar-refractivity contribution >= 4 is 5.78 Å². The van der Waals surface area contributed by atoms with Crippen LogP contribution < -0.4 is 4.74 Å². The van der Waals surface area contributed by atoms with Crippen LogP contribution in [0.1, 0.15) is 37.0 Å². The molecule has 92 valence electrons. The molecule has 1 aromatic rings. The highest BCUT2D eigenvalue weighted by Gasteiger charge is 2.29. The maximum Gasteiger partial charge on any atom is 0.194 e. The van der Waals surface area contributed by atoms with Crippen LogP contribution in [-0.2, 0) is 4.74 Å². The monoisotopic (exact) mass is 234 g/mol. The van der Waals surface area contributed by atoms with Gasteiger partial charge in [0.25, 0.3) is 0 Å². The number of carbonyl (C=O) groups excluding carboxylic acids is 1. The summed E-state index contributed by atoms with van der Waals surface area (Å²) in [6.45, 7) is 3.54. The fraction of sp³-hybridized carbons (Fsp3) is 0.500. The number of benzene rings is 1. The lowest BCUT2D eigenvalue weighted by atomic mass is 9.96. The van der Waals surface area contributed by atoms with E-state index in [0.717, 1.165) is 18.6 Å². The normalized spacial score (nSPS) is 15.7. The van der Waals surface area contributed by atoms with Gasteiger partial charge in [0.2, 0.25) is 0 Å². The van der Waals surface area contributed by atoms with Gasteiger partial charge in [0, 0.05) is 12.7 Å². The number of hydrogen-bond donors (Lipinski definition) is 0. The number of ether oxygens (including phenoxy) is 2. The van der Waals surface area contributed by atoms with Crippen LogP contribution in [0.15, 0.2) is 24.3 Å². The first-order valence-corrected chi connectivity index (χ1v) is 5.89. The van der Waals surface area contributed by atoms with E-state index in [0.29, 0.717) is 11.7 Å². The van der Waals surface area contributed by atoms with Crippen molar-refractivity contribution in [3.05, 3.63) is 29.8 Å². The minimum atomic E-state index is -0.793. The molecule has 0 saturated heterocycles. The lowest BCUT2D eigenvalue weighted by Gasteiger charge is -2.21. The van der Waals surface area contributed by atoms with Crippen LogP contribution in [0.25, 0.3) is 0 Å². The van der Waals surface area contributed by atoms with Crippen LogP contribution in [0.3, 0.4) is 0 Å². The van der Waals surface area contributed by atoms with Crippen LogP contribution >= 0.6 is 0 Å². The van der Waals surface area contributed by atoms with E-state index < -0.39 is 5.60 Å². The van der Waals surface area contributed by atoms with Gasteiger partial charge < -0.3 is 9.47 Å². The van der Waals surface area contributed by atoms with Crippen molar-refractivity contribution < 1.29 is 14.3 Å². The van der Waals surface area contributed by atoms with Crippen LogP contribution in [0.4, 0.5) is 0 Å². The van der Waals surface area contributed by atoms with Crippen molar-refractivity contribution in [1.29, 1.82) is 0 Å². The molecule has 0 amide bonds. The molecule has 1 aliphatic carbocycles. The van der Waals surface area contributed by atoms with E-state index in [4.69, 9.17) is 9.47 Å². The summed E-state index contributed by atoms with van der Waals surface area (Å²) in [5.41, 5.74) is -0.159. The lowest BCUT2D eigenvalue weighted by molar-refractivity contribution is 0.0228. The van der Waals surface area contributed by atoms with E-state index in [-0.39, 0.29) is 5.78 Å². The Morgan fingerprint density at radius 3 is 2.65 bits per heavy atom. The molecular formula is C14H18O3. The number of rotatable bonds is 5. The van der Waals surface area contributed by atoms with E-state index in [2.05, 4.69) is 0 Å². The minimum Gasteiger partial charge on any atom is -0.490 e.